The summed E-state index contributed by atoms with van der Waals surface area (Å²) in [6.07, 6.45) is 4.38. The van der Waals surface area contributed by atoms with E-state index in [-0.39, 0.29) is 21.0 Å². The fraction of sp³-hybridized carbons (Fsp3) is 0.417. The van der Waals surface area contributed by atoms with Gasteiger partial charge in [-0.25, -0.2) is 12.8 Å². The van der Waals surface area contributed by atoms with E-state index in [1.165, 1.54) is 6.07 Å². The van der Waals surface area contributed by atoms with Crippen molar-refractivity contribution in [3.63, 3.8) is 0 Å². The molecule has 0 amide bonds. The number of anilines is 1. The average molecular weight is 491 g/mol. The van der Waals surface area contributed by atoms with Gasteiger partial charge in [0.15, 0.2) is 5.82 Å². The zero-order chi connectivity index (χ0) is 24.0. The minimum Gasteiger partial charge on any atom is -0.314 e. The molecule has 4 rings (SSSR count). The van der Waals surface area contributed by atoms with Crippen LogP contribution in [-0.4, -0.2) is 23.2 Å². The lowest BCUT2D eigenvalue weighted by Gasteiger charge is -2.19. The van der Waals surface area contributed by atoms with Gasteiger partial charge in [0.25, 0.3) is 10.0 Å². The lowest BCUT2D eigenvalue weighted by atomic mass is 9.87. The zero-order valence-electron chi connectivity index (χ0n) is 19.2. The molecule has 0 spiro atoms. The Morgan fingerprint density at radius 2 is 1.73 bits per heavy atom. The summed E-state index contributed by atoms with van der Waals surface area (Å²) in [7, 11) is -2.14. The molecule has 1 heterocycles. The Hall–Kier alpha value is -2.45. The predicted octanol–water partition coefficient (Wildman–Crippen LogP) is 6.03. The largest absolute Gasteiger partial charge is 0.314 e. The molecule has 0 atom stereocenters. The maximum Gasteiger partial charge on any atom is 0.261 e. The number of nitrogens with zero attached hydrogens (tertiary/aromatic N) is 3. The summed E-state index contributed by atoms with van der Waals surface area (Å²) in [5, 5.41) is 8.54. The molecule has 0 saturated heterocycles. The Morgan fingerprint density at radius 1 is 1.09 bits per heavy atom. The molecule has 1 aliphatic rings. The monoisotopic (exact) mass is 490 g/mol. The molecule has 0 aliphatic heterocycles. The summed E-state index contributed by atoms with van der Waals surface area (Å²) in [6, 6.07) is 9.15. The van der Waals surface area contributed by atoms with Gasteiger partial charge >= 0.3 is 0 Å². The molecule has 3 aromatic rings. The van der Waals surface area contributed by atoms with E-state index in [1.807, 2.05) is 11.6 Å². The van der Waals surface area contributed by atoms with Crippen LogP contribution in [-0.2, 0) is 22.5 Å². The molecule has 33 heavy (non-hydrogen) atoms. The molecular formula is C24H28ClFN4O2S. The molecule has 1 saturated carbocycles. The Morgan fingerprint density at radius 3 is 2.33 bits per heavy atom. The number of benzene rings is 2. The van der Waals surface area contributed by atoms with Gasteiger partial charge in [0.2, 0.25) is 0 Å². The van der Waals surface area contributed by atoms with Crippen LogP contribution in [0.3, 0.4) is 0 Å². The van der Waals surface area contributed by atoms with Crippen LogP contribution < -0.4 is 4.72 Å². The van der Waals surface area contributed by atoms with Crippen LogP contribution in [0.15, 0.2) is 41.3 Å². The maximum absolute atomic E-state index is 14.4. The van der Waals surface area contributed by atoms with Gasteiger partial charge in [-0.05, 0) is 42.0 Å². The number of rotatable bonds is 5. The molecule has 6 nitrogen and oxygen atoms in total. The number of halogens is 2. The standard InChI is InChI=1S/C24H28ClFN4O2S/c1-24(2,3)16-9-11-17(12-10-16)33(31,32)29-21-14-20(26)19(25)13-18(21)23-28-27-22(30(23)4)15-7-5-6-8-15/h9-15,29H,5-8H2,1-4H3. The fourth-order valence-electron chi connectivity index (χ4n) is 4.27. The van der Waals surface area contributed by atoms with Gasteiger partial charge in [-0.1, -0.05) is 57.3 Å². The number of nitrogens with one attached hydrogen (secondary N) is 1. The normalized spacial score (nSPS) is 15.2. The molecule has 1 aromatic heterocycles. The summed E-state index contributed by atoms with van der Waals surface area (Å²) in [5.74, 6) is 0.863. The average Bonchev–Trinajstić information content (AvgIpc) is 3.39. The molecule has 176 valence electrons. The van der Waals surface area contributed by atoms with E-state index >= 15 is 0 Å². The van der Waals surface area contributed by atoms with Crippen molar-refractivity contribution in [2.75, 3.05) is 4.72 Å². The van der Waals surface area contributed by atoms with Crippen molar-refractivity contribution in [3.8, 4) is 11.4 Å². The second-order valence-electron chi connectivity index (χ2n) is 9.61. The van der Waals surface area contributed by atoms with Gasteiger partial charge in [-0.3, -0.25) is 4.72 Å². The highest BCUT2D eigenvalue weighted by Crippen LogP contribution is 2.37. The van der Waals surface area contributed by atoms with E-state index < -0.39 is 15.8 Å². The molecule has 0 unspecified atom stereocenters. The number of sulfonamides is 1. The highest BCUT2D eigenvalue weighted by molar-refractivity contribution is 7.92. The van der Waals surface area contributed by atoms with Crippen molar-refractivity contribution in [1.82, 2.24) is 14.8 Å². The van der Waals surface area contributed by atoms with E-state index in [1.54, 1.807) is 24.3 Å². The first-order valence-corrected chi connectivity index (χ1v) is 12.9. The van der Waals surface area contributed by atoms with Gasteiger partial charge in [0.1, 0.15) is 11.6 Å². The molecule has 1 aliphatic carbocycles. The third-order valence-electron chi connectivity index (χ3n) is 6.21. The minimum atomic E-state index is -3.97. The second-order valence-corrected chi connectivity index (χ2v) is 11.7. The Labute approximate surface area is 199 Å². The van der Waals surface area contributed by atoms with E-state index in [0.29, 0.717) is 17.3 Å². The smallest absolute Gasteiger partial charge is 0.261 e. The molecule has 1 fully saturated rings. The number of hydrogen-bond donors (Lipinski definition) is 1. The van der Waals surface area contributed by atoms with Crippen LogP contribution in [0.1, 0.15) is 63.8 Å². The SMILES string of the molecule is Cn1c(-c2cc(Cl)c(F)cc2NS(=O)(=O)c2ccc(C(C)(C)C)cc2)nnc1C1CCCC1. The lowest BCUT2D eigenvalue weighted by molar-refractivity contribution is 0.587. The van der Waals surface area contributed by atoms with Crippen LogP contribution >= 0.6 is 11.6 Å². The van der Waals surface area contributed by atoms with E-state index in [9.17, 15) is 12.8 Å². The van der Waals surface area contributed by atoms with Gasteiger partial charge < -0.3 is 4.57 Å². The van der Waals surface area contributed by atoms with Crippen LogP contribution in [0.25, 0.3) is 11.4 Å². The highest BCUT2D eigenvalue weighted by Gasteiger charge is 2.26. The molecule has 9 heteroatoms. The van der Waals surface area contributed by atoms with E-state index in [4.69, 9.17) is 11.6 Å². The van der Waals surface area contributed by atoms with Crippen molar-refractivity contribution in [2.24, 2.45) is 7.05 Å². The van der Waals surface area contributed by atoms with Crippen molar-refractivity contribution in [2.45, 2.75) is 62.7 Å². The summed E-state index contributed by atoms with van der Waals surface area (Å²) in [4.78, 5) is 0.0846. The Kier molecular flexibility index (Phi) is 6.26. The first-order chi connectivity index (χ1) is 15.5. The predicted molar refractivity (Wildman–Crippen MR) is 129 cm³/mol. The van der Waals surface area contributed by atoms with E-state index in [0.717, 1.165) is 43.1 Å². The second kappa shape index (κ2) is 8.72. The van der Waals surface area contributed by atoms with Crippen LogP contribution in [0.5, 0.6) is 0 Å². The third kappa shape index (κ3) is 4.77. The molecule has 0 bridgehead atoms. The van der Waals surface area contributed by atoms with Crippen molar-refractivity contribution in [1.29, 1.82) is 0 Å². The van der Waals surface area contributed by atoms with Crippen LogP contribution in [0.2, 0.25) is 5.02 Å². The summed E-state index contributed by atoms with van der Waals surface area (Å²) in [6.45, 7) is 6.16. The zero-order valence-corrected chi connectivity index (χ0v) is 20.8. The van der Waals surface area contributed by atoms with Gasteiger partial charge in [0, 0.05) is 24.6 Å². The lowest BCUT2D eigenvalue weighted by Crippen LogP contribution is -2.16. The van der Waals surface area contributed by atoms with Gasteiger partial charge in [0.05, 0.1) is 15.6 Å². The van der Waals surface area contributed by atoms with Crippen molar-refractivity contribution >= 4 is 27.3 Å². The number of aromatic nitrogens is 3. The topological polar surface area (TPSA) is 76.9 Å². The third-order valence-corrected chi connectivity index (χ3v) is 7.88. The fourth-order valence-corrected chi connectivity index (χ4v) is 5.50. The highest BCUT2D eigenvalue weighted by atomic mass is 35.5. The van der Waals surface area contributed by atoms with Crippen LogP contribution in [0, 0.1) is 5.82 Å². The first kappa shape index (κ1) is 23.7. The van der Waals surface area contributed by atoms with Crippen molar-refractivity contribution < 1.29 is 12.8 Å². The van der Waals surface area contributed by atoms with Crippen LogP contribution in [0.4, 0.5) is 10.1 Å². The van der Waals surface area contributed by atoms with Crippen molar-refractivity contribution in [3.05, 3.63) is 58.6 Å². The van der Waals surface area contributed by atoms with Gasteiger partial charge in [-0.15, -0.1) is 10.2 Å². The molecule has 2 aromatic carbocycles. The summed E-state index contributed by atoms with van der Waals surface area (Å²) in [5.41, 5.74) is 1.34. The number of hydrogen-bond acceptors (Lipinski definition) is 4. The summed E-state index contributed by atoms with van der Waals surface area (Å²) >= 11 is 6.06. The molecule has 0 radical (unpaired) electrons. The Bertz CT molecular complexity index is 1280. The first-order valence-electron chi connectivity index (χ1n) is 11.0. The maximum atomic E-state index is 14.4. The summed E-state index contributed by atoms with van der Waals surface area (Å²) < 4.78 is 45.0. The quantitative estimate of drug-likeness (QED) is 0.473. The molecule has 1 N–H and O–H groups in total. The van der Waals surface area contributed by atoms with Gasteiger partial charge in [-0.2, -0.15) is 0 Å². The van der Waals surface area contributed by atoms with E-state index in [2.05, 4.69) is 35.7 Å². The minimum absolute atomic E-state index is 0.0604. The molecular weight excluding hydrogens is 463 g/mol. The Balaban J connectivity index is 1.72.